The van der Waals surface area contributed by atoms with E-state index in [4.69, 9.17) is 4.98 Å². The van der Waals surface area contributed by atoms with Crippen molar-refractivity contribution < 1.29 is 4.79 Å². The number of carbonyl (C=O) groups excluding carboxylic acids is 1. The molecule has 0 spiro atoms. The largest absolute Gasteiger partial charge is 0.350 e. The number of rotatable bonds is 3. The third kappa shape index (κ3) is 3.35. The van der Waals surface area contributed by atoms with E-state index >= 15 is 0 Å². The Morgan fingerprint density at radius 3 is 2.88 bits per heavy atom. The van der Waals surface area contributed by atoms with Gasteiger partial charge in [0.2, 0.25) is 0 Å². The molecule has 1 atom stereocenters. The van der Waals surface area contributed by atoms with Gasteiger partial charge in [0, 0.05) is 24.6 Å². The summed E-state index contributed by atoms with van der Waals surface area (Å²) >= 11 is 0. The number of nitrogens with one attached hydrogen (secondary N) is 1. The summed E-state index contributed by atoms with van der Waals surface area (Å²) in [6.45, 7) is 4.76. The lowest BCUT2D eigenvalue weighted by atomic mass is 10.1. The molecule has 0 unspecified atom stereocenters. The van der Waals surface area contributed by atoms with Crippen molar-refractivity contribution in [3.63, 3.8) is 0 Å². The molecular formula is C19H25N3O2. The number of aryl methyl sites for hydroxylation is 1. The van der Waals surface area contributed by atoms with Gasteiger partial charge in [-0.1, -0.05) is 19.8 Å². The Morgan fingerprint density at radius 2 is 2.08 bits per heavy atom. The van der Waals surface area contributed by atoms with E-state index in [1.54, 1.807) is 18.2 Å². The molecule has 0 saturated carbocycles. The van der Waals surface area contributed by atoms with Crippen LogP contribution in [0.3, 0.4) is 0 Å². The van der Waals surface area contributed by atoms with E-state index in [9.17, 15) is 9.59 Å². The van der Waals surface area contributed by atoms with Gasteiger partial charge in [0.15, 0.2) is 0 Å². The van der Waals surface area contributed by atoms with Gasteiger partial charge in [-0.25, -0.2) is 4.98 Å². The van der Waals surface area contributed by atoms with E-state index in [1.165, 1.54) is 12.8 Å². The molecule has 0 fully saturated rings. The predicted octanol–water partition coefficient (Wildman–Crippen LogP) is 3.04. The third-order valence-corrected chi connectivity index (χ3v) is 4.82. The lowest BCUT2D eigenvalue weighted by molar-refractivity contribution is 0.0939. The highest BCUT2D eigenvalue weighted by Gasteiger charge is 2.15. The van der Waals surface area contributed by atoms with Crippen molar-refractivity contribution in [1.29, 1.82) is 0 Å². The normalized spacial score (nSPS) is 16.1. The van der Waals surface area contributed by atoms with Crippen LogP contribution < -0.4 is 10.9 Å². The first-order valence-corrected chi connectivity index (χ1v) is 8.94. The maximum absolute atomic E-state index is 12.8. The molecule has 0 saturated heterocycles. The lowest BCUT2D eigenvalue weighted by Gasteiger charge is -2.16. The Balaban J connectivity index is 2.02. The summed E-state index contributed by atoms with van der Waals surface area (Å²) in [5.74, 6) is 0.742. The summed E-state index contributed by atoms with van der Waals surface area (Å²) in [5.41, 5.74) is 1.21. The second kappa shape index (κ2) is 7.16. The quantitative estimate of drug-likeness (QED) is 0.942. The van der Waals surface area contributed by atoms with Crippen LogP contribution in [0.1, 0.15) is 62.1 Å². The van der Waals surface area contributed by atoms with Gasteiger partial charge in [-0.05, 0) is 44.4 Å². The fraction of sp³-hybridized carbons (Fsp3) is 0.526. The molecule has 0 aliphatic carbocycles. The van der Waals surface area contributed by atoms with Crippen LogP contribution in [-0.4, -0.2) is 21.5 Å². The van der Waals surface area contributed by atoms with Crippen molar-refractivity contribution in [3.8, 4) is 0 Å². The zero-order valence-electron chi connectivity index (χ0n) is 14.5. The van der Waals surface area contributed by atoms with Crippen LogP contribution in [0.25, 0.3) is 10.9 Å². The van der Waals surface area contributed by atoms with E-state index in [0.717, 1.165) is 38.1 Å². The predicted molar refractivity (Wildman–Crippen MR) is 95.4 cm³/mol. The van der Waals surface area contributed by atoms with Crippen LogP contribution in [0.4, 0.5) is 0 Å². The molecule has 1 amide bonds. The van der Waals surface area contributed by atoms with Gasteiger partial charge in [-0.15, -0.1) is 0 Å². The molecule has 2 heterocycles. The average Bonchev–Trinajstić information content (AvgIpc) is 2.56. The Labute approximate surface area is 142 Å². The number of nitrogens with zero attached hydrogens (tertiary/aromatic N) is 2. The molecule has 5 nitrogen and oxygen atoms in total. The summed E-state index contributed by atoms with van der Waals surface area (Å²) in [4.78, 5) is 29.8. The van der Waals surface area contributed by atoms with E-state index in [0.29, 0.717) is 16.5 Å². The van der Waals surface area contributed by atoms with Crippen molar-refractivity contribution in [2.45, 2.75) is 65.0 Å². The highest BCUT2D eigenvalue weighted by atomic mass is 16.1. The number of carbonyl (C=O) groups is 1. The molecule has 128 valence electrons. The standard InChI is InChI=1S/C19H25N3O2/c1-3-13(2)20-18(23)14-9-10-15-16(12-14)21-17-8-6-4-5-7-11-22(17)19(15)24/h9-10,12-13H,3-8,11H2,1-2H3,(H,20,23)/t13-/m1/s1. The van der Waals surface area contributed by atoms with E-state index in [1.807, 2.05) is 18.4 Å². The molecular weight excluding hydrogens is 302 g/mol. The summed E-state index contributed by atoms with van der Waals surface area (Å²) < 4.78 is 1.82. The Bertz CT molecular complexity index is 810. The molecule has 1 aliphatic rings. The first-order valence-electron chi connectivity index (χ1n) is 8.94. The molecule has 5 heteroatoms. The van der Waals surface area contributed by atoms with Gasteiger partial charge < -0.3 is 5.32 Å². The summed E-state index contributed by atoms with van der Waals surface area (Å²) in [6, 6.07) is 5.33. The van der Waals surface area contributed by atoms with Gasteiger partial charge >= 0.3 is 0 Å². The van der Waals surface area contributed by atoms with Crippen molar-refractivity contribution in [2.24, 2.45) is 0 Å². The van der Waals surface area contributed by atoms with Crippen LogP contribution >= 0.6 is 0 Å². The minimum absolute atomic E-state index is 0.0192. The second-order valence-electron chi connectivity index (χ2n) is 6.66. The molecule has 24 heavy (non-hydrogen) atoms. The van der Waals surface area contributed by atoms with Gasteiger partial charge in [-0.2, -0.15) is 0 Å². The van der Waals surface area contributed by atoms with Gasteiger partial charge in [0.25, 0.3) is 11.5 Å². The number of benzene rings is 1. The first kappa shape index (κ1) is 16.7. The highest BCUT2D eigenvalue weighted by Crippen LogP contribution is 2.16. The summed E-state index contributed by atoms with van der Waals surface area (Å²) in [6.07, 6.45) is 6.15. The summed E-state index contributed by atoms with van der Waals surface area (Å²) in [5, 5.41) is 3.55. The molecule has 1 aliphatic heterocycles. The monoisotopic (exact) mass is 327 g/mol. The molecule has 0 radical (unpaired) electrons. The molecule has 1 aromatic carbocycles. The van der Waals surface area contributed by atoms with Gasteiger partial charge in [0.05, 0.1) is 10.9 Å². The topological polar surface area (TPSA) is 64.0 Å². The smallest absolute Gasteiger partial charge is 0.261 e. The Hall–Kier alpha value is -2.17. The minimum atomic E-state index is -0.111. The number of hydrogen-bond donors (Lipinski definition) is 1. The molecule has 1 aromatic heterocycles. The SMILES string of the molecule is CC[C@@H](C)NC(=O)c1ccc2c(=O)n3c(nc2c1)CCCCCC3. The number of fused-ring (bicyclic) bond motifs is 2. The van der Waals surface area contributed by atoms with E-state index in [2.05, 4.69) is 5.32 Å². The average molecular weight is 327 g/mol. The number of aromatic nitrogens is 2. The molecule has 0 bridgehead atoms. The van der Waals surface area contributed by atoms with Gasteiger partial charge in [0.1, 0.15) is 5.82 Å². The molecule has 1 N–H and O–H groups in total. The number of hydrogen-bond acceptors (Lipinski definition) is 3. The minimum Gasteiger partial charge on any atom is -0.350 e. The second-order valence-corrected chi connectivity index (χ2v) is 6.66. The number of amides is 1. The van der Waals surface area contributed by atoms with Crippen molar-refractivity contribution in [2.75, 3.05) is 0 Å². The first-order chi connectivity index (χ1) is 11.6. The van der Waals surface area contributed by atoms with Crippen LogP contribution in [0.2, 0.25) is 0 Å². The molecule has 2 aromatic rings. The third-order valence-electron chi connectivity index (χ3n) is 4.82. The Kier molecular flexibility index (Phi) is 4.97. The van der Waals surface area contributed by atoms with Crippen LogP contribution in [0.5, 0.6) is 0 Å². The van der Waals surface area contributed by atoms with Crippen LogP contribution in [0.15, 0.2) is 23.0 Å². The van der Waals surface area contributed by atoms with Gasteiger partial charge in [-0.3, -0.25) is 14.2 Å². The van der Waals surface area contributed by atoms with Crippen molar-refractivity contribution in [3.05, 3.63) is 39.9 Å². The zero-order valence-corrected chi connectivity index (χ0v) is 14.5. The Morgan fingerprint density at radius 1 is 1.29 bits per heavy atom. The van der Waals surface area contributed by atoms with Crippen molar-refractivity contribution >= 4 is 16.8 Å². The highest BCUT2D eigenvalue weighted by molar-refractivity contribution is 5.97. The maximum atomic E-state index is 12.8. The van der Waals surface area contributed by atoms with Crippen molar-refractivity contribution in [1.82, 2.24) is 14.9 Å². The zero-order chi connectivity index (χ0) is 17.1. The van der Waals surface area contributed by atoms with E-state index < -0.39 is 0 Å². The van der Waals surface area contributed by atoms with Crippen LogP contribution in [0, 0.1) is 0 Å². The fourth-order valence-electron chi connectivity index (χ4n) is 3.15. The fourth-order valence-corrected chi connectivity index (χ4v) is 3.15. The van der Waals surface area contributed by atoms with Crippen LogP contribution in [-0.2, 0) is 13.0 Å². The lowest BCUT2D eigenvalue weighted by Crippen LogP contribution is -2.32. The summed E-state index contributed by atoms with van der Waals surface area (Å²) in [7, 11) is 0. The maximum Gasteiger partial charge on any atom is 0.261 e. The molecule has 3 rings (SSSR count). The van der Waals surface area contributed by atoms with E-state index in [-0.39, 0.29) is 17.5 Å².